The highest BCUT2D eigenvalue weighted by molar-refractivity contribution is 7.22. The Hall–Kier alpha value is -5.84. The van der Waals surface area contributed by atoms with Crippen LogP contribution in [-0.4, -0.2) is 14.5 Å². The van der Waals surface area contributed by atoms with Gasteiger partial charge in [-0.15, -0.1) is 11.3 Å². The minimum atomic E-state index is 0.731. The molecule has 9 aromatic rings. The molecule has 3 heterocycles. The molecule has 216 valence electrons. The third kappa shape index (κ3) is 4.59. The van der Waals surface area contributed by atoms with Crippen LogP contribution in [0.1, 0.15) is 0 Å². The van der Waals surface area contributed by atoms with Crippen LogP contribution in [0.2, 0.25) is 0 Å². The molecule has 9 rings (SSSR count). The topological polar surface area (TPSA) is 30.7 Å². The smallest absolute Gasteiger partial charge is 0.160 e. The lowest BCUT2D eigenvalue weighted by molar-refractivity contribution is 1.18. The van der Waals surface area contributed by atoms with Gasteiger partial charge < -0.3 is 4.57 Å². The molecule has 0 saturated heterocycles. The maximum absolute atomic E-state index is 5.05. The number of nitrogens with zero attached hydrogens (tertiary/aromatic N) is 3. The molecule has 46 heavy (non-hydrogen) atoms. The zero-order valence-electron chi connectivity index (χ0n) is 24.8. The van der Waals surface area contributed by atoms with Gasteiger partial charge in [0.1, 0.15) is 0 Å². The molecule has 0 saturated carbocycles. The highest BCUT2D eigenvalue weighted by Crippen LogP contribution is 2.37. The summed E-state index contributed by atoms with van der Waals surface area (Å²) in [6, 6.07) is 57.9. The van der Waals surface area contributed by atoms with Gasteiger partial charge in [0.15, 0.2) is 5.82 Å². The number of thiophene rings is 1. The van der Waals surface area contributed by atoms with Crippen LogP contribution in [0.4, 0.5) is 0 Å². The summed E-state index contributed by atoms with van der Waals surface area (Å²) in [7, 11) is 0. The van der Waals surface area contributed by atoms with Crippen LogP contribution >= 0.6 is 11.3 Å². The molecular formula is C42H27N3S. The highest BCUT2D eigenvalue weighted by atomic mass is 32.1. The zero-order chi connectivity index (χ0) is 30.5. The molecule has 0 fully saturated rings. The quantitative estimate of drug-likeness (QED) is 0.195. The Morgan fingerprint density at radius 3 is 1.91 bits per heavy atom. The van der Waals surface area contributed by atoms with Gasteiger partial charge in [-0.2, -0.15) is 0 Å². The maximum atomic E-state index is 5.05. The first-order chi connectivity index (χ1) is 22.8. The third-order valence-corrected chi connectivity index (χ3v) is 9.78. The fourth-order valence-electron chi connectivity index (χ4n) is 6.39. The fraction of sp³-hybridized carbons (Fsp3) is 0. The Balaban J connectivity index is 1.13. The van der Waals surface area contributed by atoms with E-state index in [9.17, 15) is 0 Å². The molecule has 0 radical (unpaired) electrons. The number of fused-ring (bicyclic) bond motifs is 4. The van der Waals surface area contributed by atoms with Gasteiger partial charge in [-0.25, -0.2) is 9.97 Å². The van der Waals surface area contributed by atoms with Crippen molar-refractivity contribution in [3.05, 3.63) is 164 Å². The van der Waals surface area contributed by atoms with E-state index < -0.39 is 0 Å². The molecule has 0 aliphatic carbocycles. The molecule has 0 atom stereocenters. The molecule has 6 aromatic carbocycles. The van der Waals surface area contributed by atoms with Crippen molar-refractivity contribution >= 4 is 43.2 Å². The summed E-state index contributed by atoms with van der Waals surface area (Å²) in [5, 5.41) is 3.73. The van der Waals surface area contributed by atoms with Crippen molar-refractivity contribution in [1.29, 1.82) is 0 Å². The average molecular weight is 606 g/mol. The van der Waals surface area contributed by atoms with Crippen LogP contribution in [0, 0.1) is 0 Å². The summed E-state index contributed by atoms with van der Waals surface area (Å²) in [5.41, 5.74) is 9.86. The summed E-state index contributed by atoms with van der Waals surface area (Å²) >= 11 is 1.77. The predicted octanol–water partition coefficient (Wildman–Crippen LogP) is 11.5. The third-order valence-electron chi connectivity index (χ3n) is 8.64. The summed E-state index contributed by atoms with van der Waals surface area (Å²) < 4.78 is 3.61. The fourth-order valence-corrected chi connectivity index (χ4v) is 7.41. The summed E-state index contributed by atoms with van der Waals surface area (Å²) in [5.74, 6) is 0.731. The molecule has 0 amide bonds. The number of benzene rings is 6. The Kier molecular flexibility index (Phi) is 6.32. The van der Waals surface area contributed by atoms with Crippen LogP contribution in [-0.2, 0) is 0 Å². The lowest BCUT2D eigenvalue weighted by Gasteiger charge is -2.10. The van der Waals surface area contributed by atoms with Gasteiger partial charge in [0, 0.05) is 32.3 Å². The van der Waals surface area contributed by atoms with Gasteiger partial charge in [0.25, 0.3) is 0 Å². The van der Waals surface area contributed by atoms with Crippen molar-refractivity contribution in [1.82, 2.24) is 14.5 Å². The van der Waals surface area contributed by atoms with E-state index in [0.717, 1.165) is 33.2 Å². The van der Waals surface area contributed by atoms with Gasteiger partial charge in [0.2, 0.25) is 0 Å². The monoisotopic (exact) mass is 605 g/mol. The second-order valence-electron chi connectivity index (χ2n) is 11.5. The minimum Gasteiger partial charge on any atom is -0.309 e. The molecule has 3 aromatic heterocycles. The zero-order valence-corrected chi connectivity index (χ0v) is 25.7. The van der Waals surface area contributed by atoms with E-state index in [1.165, 1.54) is 48.7 Å². The van der Waals surface area contributed by atoms with E-state index in [1.807, 2.05) is 18.2 Å². The number of hydrogen-bond acceptors (Lipinski definition) is 3. The van der Waals surface area contributed by atoms with Gasteiger partial charge in [-0.3, -0.25) is 0 Å². The number of aromatic nitrogens is 3. The first-order valence-electron chi connectivity index (χ1n) is 15.4. The van der Waals surface area contributed by atoms with Crippen LogP contribution < -0.4 is 0 Å². The van der Waals surface area contributed by atoms with Crippen LogP contribution in [0.25, 0.3) is 81.9 Å². The van der Waals surface area contributed by atoms with Crippen molar-refractivity contribution in [2.24, 2.45) is 0 Å². The van der Waals surface area contributed by atoms with Crippen LogP contribution in [0.5, 0.6) is 0 Å². The van der Waals surface area contributed by atoms with E-state index >= 15 is 0 Å². The summed E-state index contributed by atoms with van der Waals surface area (Å²) in [6.45, 7) is 0. The predicted molar refractivity (Wildman–Crippen MR) is 193 cm³/mol. The molecule has 0 N–H and O–H groups in total. The van der Waals surface area contributed by atoms with Crippen LogP contribution in [0.15, 0.2) is 164 Å². The number of rotatable bonds is 5. The van der Waals surface area contributed by atoms with Crippen molar-refractivity contribution in [2.45, 2.75) is 0 Å². The normalized spacial score (nSPS) is 11.5. The van der Waals surface area contributed by atoms with E-state index in [0.29, 0.717) is 0 Å². The van der Waals surface area contributed by atoms with Gasteiger partial charge >= 0.3 is 0 Å². The van der Waals surface area contributed by atoms with Gasteiger partial charge in [-0.1, -0.05) is 115 Å². The maximum Gasteiger partial charge on any atom is 0.160 e. The van der Waals surface area contributed by atoms with Crippen molar-refractivity contribution < 1.29 is 0 Å². The second-order valence-corrected chi connectivity index (χ2v) is 12.6. The Morgan fingerprint density at radius 1 is 0.435 bits per heavy atom. The first kappa shape index (κ1) is 26.6. The Morgan fingerprint density at radius 2 is 1.09 bits per heavy atom. The molecule has 0 bridgehead atoms. The van der Waals surface area contributed by atoms with Crippen molar-refractivity contribution in [2.75, 3.05) is 0 Å². The lowest BCUT2D eigenvalue weighted by Crippen LogP contribution is -1.95. The molecule has 3 nitrogen and oxygen atoms in total. The number of para-hydroxylation sites is 2. The molecular weight excluding hydrogens is 579 g/mol. The molecule has 0 unspecified atom stereocenters. The Bertz CT molecular complexity index is 2480. The standard InChI is InChI=1S/C42H27N3S/c1-3-11-30(12-4-1)42-43-36(27-37(44-42)41-26-32-13-7-10-18-40(32)46-41)29-21-19-28(20-22-29)31-23-24-39-35(25-31)34-16-8-9-17-38(34)45(39)33-14-5-2-6-15-33/h1-27H. The molecule has 4 heteroatoms. The molecule has 0 aliphatic rings. The van der Waals surface area contributed by atoms with Gasteiger partial charge in [0.05, 0.1) is 27.3 Å². The van der Waals surface area contributed by atoms with E-state index in [1.54, 1.807) is 11.3 Å². The first-order valence-corrected chi connectivity index (χ1v) is 16.2. The average Bonchev–Trinajstić information content (AvgIpc) is 3.72. The van der Waals surface area contributed by atoms with E-state index in [4.69, 9.17) is 9.97 Å². The minimum absolute atomic E-state index is 0.731. The van der Waals surface area contributed by atoms with Crippen LogP contribution in [0.3, 0.4) is 0 Å². The largest absolute Gasteiger partial charge is 0.309 e. The summed E-state index contributed by atoms with van der Waals surface area (Å²) in [6.07, 6.45) is 0. The Labute approximate surface area is 270 Å². The van der Waals surface area contributed by atoms with Gasteiger partial charge in [-0.05, 0) is 65.0 Å². The van der Waals surface area contributed by atoms with E-state index in [2.05, 4.69) is 150 Å². The van der Waals surface area contributed by atoms with E-state index in [-0.39, 0.29) is 0 Å². The van der Waals surface area contributed by atoms with Crippen molar-refractivity contribution in [3.8, 4) is 50.0 Å². The highest BCUT2D eigenvalue weighted by Gasteiger charge is 2.15. The summed E-state index contributed by atoms with van der Waals surface area (Å²) in [4.78, 5) is 11.2. The molecule has 0 spiro atoms. The van der Waals surface area contributed by atoms with Crippen molar-refractivity contribution in [3.63, 3.8) is 0 Å². The second kappa shape index (κ2) is 11.0. The lowest BCUT2D eigenvalue weighted by atomic mass is 10.0. The SMILES string of the molecule is c1ccc(-c2nc(-c3ccc(-c4ccc5c(c4)c4ccccc4n5-c4ccccc4)cc3)cc(-c3cc4ccccc4s3)n2)cc1. The molecule has 0 aliphatic heterocycles. The number of hydrogen-bond donors (Lipinski definition) is 0.